The van der Waals surface area contributed by atoms with Gasteiger partial charge >= 0.3 is 0 Å². The topological polar surface area (TPSA) is 89.2 Å². The van der Waals surface area contributed by atoms with Crippen LogP contribution in [0, 0.1) is 11.2 Å². The molecular weight excluding hydrogens is 431 g/mol. The van der Waals surface area contributed by atoms with E-state index in [1.165, 1.54) is 22.5 Å². The highest BCUT2D eigenvalue weighted by molar-refractivity contribution is 7.89. The summed E-state index contributed by atoms with van der Waals surface area (Å²) in [4.78, 5) is 8.20. The number of benzene rings is 1. The van der Waals surface area contributed by atoms with Gasteiger partial charge in [0.15, 0.2) is 5.82 Å². The van der Waals surface area contributed by atoms with E-state index in [1.807, 2.05) is 12.1 Å². The Morgan fingerprint density at radius 3 is 2.73 bits per heavy atom. The average Bonchev–Trinajstić information content (AvgIpc) is 3.22. The molecule has 0 amide bonds. The fraction of sp³-hybridized carbons (Fsp3) is 0.350. The zero-order chi connectivity index (χ0) is 20.9. The number of rotatable bonds is 4. The monoisotopic (exact) mass is 448 g/mol. The Morgan fingerprint density at radius 2 is 2.00 bits per heavy atom. The molecule has 1 aliphatic carbocycles. The molecule has 5 rings (SSSR count). The van der Waals surface area contributed by atoms with Gasteiger partial charge < -0.3 is 4.52 Å². The number of pyridine rings is 1. The zero-order valence-electron chi connectivity index (χ0n) is 15.8. The summed E-state index contributed by atoms with van der Waals surface area (Å²) >= 11 is 5.76. The van der Waals surface area contributed by atoms with E-state index in [2.05, 4.69) is 15.1 Å². The summed E-state index contributed by atoms with van der Waals surface area (Å²) in [5.74, 6) is 0.281. The molecule has 1 spiro atoms. The second-order valence-electron chi connectivity index (χ2n) is 7.77. The Balaban J connectivity index is 1.29. The Kier molecular flexibility index (Phi) is 4.64. The first kappa shape index (κ1) is 19.6. The smallest absolute Gasteiger partial charge is 0.246 e. The Hall–Kier alpha value is -2.36. The molecule has 2 aromatic heterocycles. The summed E-state index contributed by atoms with van der Waals surface area (Å²) in [6, 6.07) is 7.70. The van der Waals surface area contributed by atoms with Gasteiger partial charge in [-0.25, -0.2) is 12.8 Å². The highest BCUT2D eigenvalue weighted by atomic mass is 35.5. The molecule has 30 heavy (non-hydrogen) atoms. The summed E-state index contributed by atoms with van der Waals surface area (Å²) in [7, 11) is -3.94. The molecule has 10 heteroatoms. The van der Waals surface area contributed by atoms with E-state index in [4.69, 9.17) is 16.1 Å². The van der Waals surface area contributed by atoms with Crippen LogP contribution in [0.4, 0.5) is 4.39 Å². The molecule has 1 aliphatic heterocycles. The maximum absolute atomic E-state index is 14.3. The first-order valence-corrected chi connectivity index (χ1v) is 11.4. The molecule has 1 aromatic carbocycles. The maximum Gasteiger partial charge on any atom is 0.246 e. The number of sulfonamides is 1. The van der Waals surface area contributed by atoms with Crippen LogP contribution >= 0.6 is 11.6 Å². The molecule has 7 nitrogen and oxygen atoms in total. The molecule has 0 bridgehead atoms. The number of hydrogen-bond donors (Lipinski definition) is 0. The van der Waals surface area contributed by atoms with E-state index >= 15 is 0 Å². The van der Waals surface area contributed by atoms with Crippen molar-refractivity contribution in [3.05, 3.63) is 59.5 Å². The van der Waals surface area contributed by atoms with E-state index in [9.17, 15) is 12.8 Å². The lowest BCUT2D eigenvalue weighted by Crippen LogP contribution is -2.39. The van der Waals surface area contributed by atoms with Gasteiger partial charge in [-0.2, -0.15) is 9.29 Å². The minimum absolute atomic E-state index is 0.0440. The van der Waals surface area contributed by atoms with Crippen molar-refractivity contribution in [3.63, 3.8) is 0 Å². The van der Waals surface area contributed by atoms with Gasteiger partial charge in [0.25, 0.3) is 0 Å². The van der Waals surface area contributed by atoms with Crippen molar-refractivity contribution in [1.82, 2.24) is 19.4 Å². The second-order valence-corrected chi connectivity index (χ2v) is 10.1. The average molecular weight is 449 g/mol. The number of piperidine rings is 1. The molecule has 3 aromatic rings. The van der Waals surface area contributed by atoms with Crippen LogP contribution in [0.25, 0.3) is 11.4 Å². The lowest BCUT2D eigenvalue weighted by atomic mass is 9.92. The van der Waals surface area contributed by atoms with Gasteiger partial charge in [0.05, 0.1) is 5.02 Å². The predicted octanol–water partition coefficient (Wildman–Crippen LogP) is 3.88. The normalized spacial score (nSPS) is 21.1. The predicted molar refractivity (Wildman–Crippen MR) is 107 cm³/mol. The van der Waals surface area contributed by atoms with Crippen LogP contribution in [0.1, 0.15) is 31.1 Å². The van der Waals surface area contributed by atoms with Crippen molar-refractivity contribution in [2.45, 2.75) is 30.1 Å². The summed E-state index contributed by atoms with van der Waals surface area (Å²) in [6.45, 7) is 0.628. The SMILES string of the molecule is O=S(=O)(c1cccc(Cl)c1F)N1CCC2(CC1)C[C@H]2c1nc(-c2cccnc2)no1. The third-order valence-electron chi connectivity index (χ3n) is 6.10. The molecule has 0 unspecified atom stereocenters. The minimum atomic E-state index is -3.94. The van der Waals surface area contributed by atoms with Crippen molar-refractivity contribution in [1.29, 1.82) is 0 Å². The van der Waals surface area contributed by atoms with Crippen molar-refractivity contribution in [2.75, 3.05) is 13.1 Å². The first-order chi connectivity index (χ1) is 14.4. The third-order valence-corrected chi connectivity index (χ3v) is 8.31. The molecule has 3 heterocycles. The van der Waals surface area contributed by atoms with Crippen LogP contribution < -0.4 is 0 Å². The van der Waals surface area contributed by atoms with Crippen LogP contribution in [0.2, 0.25) is 5.02 Å². The maximum atomic E-state index is 14.3. The summed E-state index contributed by atoms with van der Waals surface area (Å²) in [5.41, 5.74) is 0.740. The zero-order valence-corrected chi connectivity index (χ0v) is 17.4. The van der Waals surface area contributed by atoms with Crippen molar-refractivity contribution >= 4 is 21.6 Å². The van der Waals surface area contributed by atoms with Crippen molar-refractivity contribution < 1.29 is 17.3 Å². The molecule has 156 valence electrons. The molecule has 1 saturated heterocycles. The largest absolute Gasteiger partial charge is 0.339 e. The van der Waals surface area contributed by atoms with Crippen LogP contribution in [-0.2, 0) is 10.0 Å². The fourth-order valence-electron chi connectivity index (χ4n) is 4.23. The van der Waals surface area contributed by atoms with Gasteiger partial charge in [0.1, 0.15) is 4.90 Å². The third kappa shape index (κ3) is 3.21. The number of hydrogen-bond acceptors (Lipinski definition) is 6. The Bertz CT molecular complexity index is 1190. The lowest BCUT2D eigenvalue weighted by Gasteiger charge is -2.31. The highest BCUT2D eigenvalue weighted by Gasteiger charge is 2.59. The van der Waals surface area contributed by atoms with Gasteiger partial charge in [-0.05, 0) is 48.9 Å². The molecule has 2 fully saturated rings. The van der Waals surface area contributed by atoms with Crippen molar-refractivity contribution in [3.8, 4) is 11.4 Å². The quantitative estimate of drug-likeness (QED) is 0.601. The van der Waals surface area contributed by atoms with E-state index in [0.717, 1.165) is 12.0 Å². The van der Waals surface area contributed by atoms with E-state index in [0.29, 0.717) is 37.6 Å². The van der Waals surface area contributed by atoms with Crippen LogP contribution in [-0.4, -0.2) is 40.9 Å². The molecular formula is C20H18ClFN4O3S. The molecule has 1 atom stereocenters. The molecule has 0 radical (unpaired) electrons. The highest BCUT2D eigenvalue weighted by Crippen LogP contribution is 2.64. The van der Waals surface area contributed by atoms with Crippen LogP contribution in [0.15, 0.2) is 52.1 Å². The van der Waals surface area contributed by atoms with E-state index < -0.39 is 15.8 Å². The second kappa shape index (κ2) is 7.11. The number of nitrogens with zero attached hydrogens (tertiary/aromatic N) is 4. The number of aromatic nitrogens is 3. The Labute approximate surface area is 177 Å². The fourth-order valence-corrected chi connectivity index (χ4v) is 5.99. The standard InChI is InChI=1S/C20H18ClFN4O3S/c21-15-4-1-5-16(17(15)22)30(27,28)26-9-6-20(7-10-26)11-14(20)19-24-18(25-29-19)13-3-2-8-23-12-13/h1-5,8,12,14H,6-7,9-11H2/t14-/m0/s1. The van der Waals surface area contributed by atoms with Crippen molar-refractivity contribution in [2.24, 2.45) is 5.41 Å². The van der Waals surface area contributed by atoms with Gasteiger partial charge in [-0.3, -0.25) is 4.98 Å². The van der Waals surface area contributed by atoms with E-state index in [-0.39, 0.29) is 21.3 Å². The first-order valence-electron chi connectivity index (χ1n) is 9.59. The van der Waals surface area contributed by atoms with Crippen LogP contribution in [0.3, 0.4) is 0 Å². The number of halogens is 2. The molecule has 2 aliphatic rings. The molecule has 1 saturated carbocycles. The van der Waals surface area contributed by atoms with E-state index in [1.54, 1.807) is 12.4 Å². The van der Waals surface area contributed by atoms with Gasteiger partial charge in [-0.15, -0.1) is 0 Å². The van der Waals surface area contributed by atoms with Gasteiger partial charge in [0.2, 0.25) is 21.7 Å². The molecule has 0 N–H and O–H groups in total. The summed E-state index contributed by atoms with van der Waals surface area (Å²) in [6.07, 6.45) is 5.54. The summed E-state index contributed by atoms with van der Waals surface area (Å²) in [5, 5.41) is 3.85. The summed E-state index contributed by atoms with van der Waals surface area (Å²) < 4.78 is 46.8. The van der Waals surface area contributed by atoms with Crippen LogP contribution in [0.5, 0.6) is 0 Å². The minimum Gasteiger partial charge on any atom is -0.339 e. The van der Waals surface area contributed by atoms with Gasteiger partial charge in [0, 0.05) is 37.0 Å². The Morgan fingerprint density at radius 1 is 1.20 bits per heavy atom. The lowest BCUT2D eigenvalue weighted by molar-refractivity contribution is 0.242. The van der Waals surface area contributed by atoms with Gasteiger partial charge in [-0.1, -0.05) is 22.8 Å².